The largest absolute Gasteiger partial charge is 0.493 e. The molecule has 2 rings (SSSR count). The van der Waals surface area contributed by atoms with Crippen LogP contribution in [-0.2, 0) is 13.2 Å². The number of nitrogens with zero attached hydrogens (tertiary/aromatic N) is 1. The SMILES string of the molecule is COc1ccnc(COc2ccc(Br)cc2CO)c1OC. The lowest BCUT2D eigenvalue weighted by molar-refractivity contribution is 0.253. The average molecular weight is 354 g/mol. The molecule has 1 heterocycles. The molecule has 0 saturated carbocycles. The molecule has 6 heteroatoms. The van der Waals surface area contributed by atoms with Crippen molar-refractivity contribution in [3.05, 3.63) is 46.2 Å². The van der Waals surface area contributed by atoms with Crippen molar-refractivity contribution >= 4 is 15.9 Å². The van der Waals surface area contributed by atoms with Crippen molar-refractivity contribution in [3.8, 4) is 17.2 Å². The summed E-state index contributed by atoms with van der Waals surface area (Å²) in [6.07, 6.45) is 1.63. The zero-order valence-electron chi connectivity index (χ0n) is 11.8. The third-order valence-corrected chi connectivity index (χ3v) is 3.42. The number of aliphatic hydroxyl groups excluding tert-OH is 1. The molecule has 2 aromatic rings. The zero-order valence-corrected chi connectivity index (χ0v) is 13.4. The molecule has 0 saturated heterocycles. The molecule has 0 amide bonds. The lowest BCUT2D eigenvalue weighted by Crippen LogP contribution is -2.04. The third-order valence-electron chi connectivity index (χ3n) is 2.92. The van der Waals surface area contributed by atoms with Gasteiger partial charge in [0.1, 0.15) is 18.1 Å². The third kappa shape index (κ3) is 3.65. The molecule has 5 nitrogen and oxygen atoms in total. The maximum absolute atomic E-state index is 9.36. The van der Waals surface area contributed by atoms with Crippen LogP contribution in [0.15, 0.2) is 34.9 Å². The minimum absolute atomic E-state index is 0.0998. The Morgan fingerprint density at radius 3 is 2.62 bits per heavy atom. The van der Waals surface area contributed by atoms with E-state index in [1.54, 1.807) is 32.5 Å². The molecule has 1 aromatic carbocycles. The van der Waals surface area contributed by atoms with E-state index in [1.165, 1.54) is 0 Å². The molecule has 0 aliphatic heterocycles. The van der Waals surface area contributed by atoms with Crippen molar-refractivity contribution in [2.45, 2.75) is 13.2 Å². The second-order valence-electron chi connectivity index (χ2n) is 4.19. The van der Waals surface area contributed by atoms with Crippen molar-refractivity contribution < 1.29 is 19.3 Å². The van der Waals surface area contributed by atoms with E-state index in [1.807, 2.05) is 12.1 Å². The smallest absolute Gasteiger partial charge is 0.185 e. The first-order valence-electron chi connectivity index (χ1n) is 6.27. The van der Waals surface area contributed by atoms with E-state index in [2.05, 4.69) is 20.9 Å². The Morgan fingerprint density at radius 1 is 1.14 bits per heavy atom. The summed E-state index contributed by atoms with van der Waals surface area (Å²) < 4.78 is 17.1. The fourth-order valence-corrected chi connectivity index (χ4v) is 2.32. The van der Waals surface area contributed by atoms with Gasteiger partial charge in [0.25, 0.3) is 0 Å². The van der Waals surface area contributed by atoms with E-state index >= 15 is 0 Å². The Labute approximate surface area is 131 Å². The van der Waals surface area contributed by atoms with Gasteiger partial charge in [-0.3, -0.25) is 4.98 Å². The molecular formula is C15H16BrNO4. The Balaban J connectivity index is 2.20. The van der Waals surface area contributed by atoms with Gasteiger partial charge >= 0.3 is 0 Å². The second kappa shape index (κ2) is 7.28. The molecule has 0 aliphatic rings. The van der Waals surface area contributed by atoms with Gasteiger partial charge in [-0.2, -0.15) is 0 Å². The standard InChI is InChI=1S/C15H16BrNO4/c1-19-14-5-6-17-12(15(14)20-2)9-21-13-4-3-11(16)7-10(13)8-18/h3-7,18H,8-9H2,1-2H3. The lowest BCUT2D eigenvalue weighted by atomic mass is 10.2. The van der Waals surface area contributed by atoms with Crippen molar-refractivity contribution in [1.29, 1.82) is 0 Å². The highest BCUT2D eigenvalue weighted by Gasteiger charge is 2.12. The van der Waals surface area contributed by atoms with Crippen LogP contribution in [0.2, 0.25) is 0 Å². The first-order chi connectivity index (χ1) is 10.2. The number of halogens is 1. The molecule has 0 fully saturated rings. The van der Waals surface area contributed by atoms with Crippen LogP contribution in [0.4, 0.5) is 0 Å². The zero-order chi connectivity index (χ0) is 15.2. The Morgan fingerprint density at radius 2 is 1.95 bits per heavy atom. The van der Waals surface area contributed by atoms with E-state index in [0.29, 0.717) is 28.5 Å². The topological polar surface area (TPSA) is 60.8 Å². The monoisotopic (exact) mass is 353 g/mol. The predicted molar refractivity (Wildman–Crippen MR) is 81.7 cm³/mol. The molecule has 0 unspecified atom stereocenters. The molecule has 0 aliphatic carbocycles. The van der Waals surface area contributed by atoms with Gasteiger partial charge in [-0.05, 0) is 18.2 Å². The number of methoxy groups -OCH3 is 2. The summed E-state index contributed by atoms with van der Waals surface area (Å²) in [4.78, 5) is 4.24. The molecule has 21 heavy (non-hydrogen) atoms. The summed E-state index contributed by atoms with van der Waals surface area (Å²) in [6, 6.07) is 7.18. The van der Waals surface area contributed by atoms with Gasteiger partial charge in [-0.25, -0.2) is 0 Å². The first-order valence-corrected chi connectivity index (χ1v) is 7.06. The molecule has 0 spiro atoms. The van der Waals surface area contributed by atoms with Gasteiger partial charge in [0.2, 0.25) is 0 Å². The fourth-order valence-electron chi connectivity index (χ4n) is 1.91. The predicted octanol–water partition coefficient (Wildman–Crippen LogP) is 2.93. The Bertz CT molecular complexity index is 619. The summed E-state index contributed by atoms with van der Waals surface area (Å²) in [5, 5.41) is 9.36. The quantitative estimate of drug-likeness (QED) is 0.864. The average Bonchev–Trinajstić information content (AvgIpc) is 2.52. The first kappa shape index (κ1) is 15.6. The summed E-state index contributed by atoms with van der Waals surface area (Å²) in [6.45, 7) is 0.118. The van der Waals surface area contributed by atoms with Gasteiger partial charge < -0.3 is 19.3 Å². The molecule has 1 N–H and O–H groups in total. The minimum atomic E-state index is -0.0998. The molecule has 1 aromatic heterocycles. The molecular weight excluding hydrogens is 338 g/mol. The van der Waals surface area contributed by atoms with Crippen LogP contribution in [0, 0.1) is 0 Å². The number of benzene rings is 1. The van der Waals surface area contributed by atoms with Gasteiger partial charge in [0.15, 0.2) is 11.5 Å². The van der Waals surface area contributed by atoms with E-state index < -0.39 is 0 Å². The Kier molecular flexibility index (Phi) is 5.41. The number of ether oxygens (including phenoxy) is 3. The fraction of sp³-hybridized carbons (Fsp3) is 0.267. The van der Waals surface area contributed by atoms with Crippen molar-refractivity contribution in [1.82, 2.24) is 4.98 Å². The maximum atomic E-state index is 9.36. The van der Waals surface area contributed by atoms with Crippen LogP contribution in [0.3, 0.4) is 0 Å². The summed E-state index contributed by atoms with van der Waals surface area (Å²) in [5.74, 6) is 1.75. The van der Waals surface area contributed by atoms with Crippen molar-refractivity contribution in [3.63, 3.8) is 0 Å². The van der Waals surface area contributed by atoms with E-state index in [9.17, 15) is 5.11 Å². The Hall–Kier alpha value is -1.79. The number of rotatable bonds is 6. The minimum Gasteiger partial charge on any atom is -0.493 e. The lowest BCUT2D eigenvalue weighted by Gasteiger charge is -2.14. The molecule has 0 atom stereocenters. The highest BCUT2D eigenvalue weighted by atomic mass is 79.9. The maximum Gasteiger partial charge on any atom is 0.185 e. The number of hydrogen-bond donors (Lipinski definition) is 1. The molecule has 0 radical (unpaired) electrons. The van der Waals surface area contributed by atoms with E-state index in [-0.39, 0.29) is 13.2 Å². The van der Waals surface area contributed by atoms with Gasteiger partial charge in [0, 0.05) is 22.3 Å². The van der Waals surface area contributed by atoms with Crippen LogP contribution in [0.5, 0.6) is 17.2 Å². The summed E-state index contributed by atoms with van der Waals surface area (Å²) in [5.41, 5.74) is 1.33. The van der Waals surface area contributed by atoms with Crippen molar-refractivity contribution in [2.24, 2.45) is 0 Å². The summed E-state index contributed by atoms with van der Waals surface area (Å²) in [7, 11) is 3.13. The van der Waals surface area contributed by atoms with Crippen molar-refractivity contribution in [2.75, 3.05) is 14.2 Å². The van der Waals surface area contributed by atoms with Gasteiger partial charge in [-0.15, -0.1) is 0 Å². The highest BCUT2D eigenvalue weighted by molar-refractivity contribution is 9.10. The van der Waals surface area contributed by atoms with Crippen LogP contribution in [-0.4, -0.2) is 24.3 Å². The van der Waals surface area contributed by atoms with Crippen LogP contribution in [0.1, 0.15) is 11.3 Å². The second-order valence-corrected chi connectivity index (χ2v) is 5.11. The van der Waals surface area contributed by atoms with Gasteiger partial charge in [-0.1, -0.05) is 15.9 Å². The number of aliphatic hydroxyl groups is 1. The number of hydrogen-bond acceptors (Lipinski definition) is 5. The van der Waals surface area contributed by atoms with E-state index in [0.717, 1.165) is 4.47 Å². The van der Waals surface area contributed by atoms with Crippen LogP contribution >= 0.6 is 15.9 Å². The molecule has 112 valence electrons. The number of aromatic nitrogens is 1. The van der Waals surface area contributed by atoms with Crippen LogP contribution < -0.4 is 14.2 Å². The van der Waals surface area contributed by atoms with Crippen LogP contribution in [0.25, 0.3) is 0 Å². The summed E-state index contributed by atoms with van der Waals surface area (Å²) >= 11 is 3.36. The van der Waals surface area contributed by atoms with E-state index in [4.69, 9.17) is 14.2 Å². The normalized spacial score (nSPS) is 10.3. The molecule has 0 bridgehead atoms. The highest BCUT2D eigenvalue weighted by Crippen LogP contribution is 2.30. The number of pyridine rings is 1. The van der Waals surface area contributed by atoms with Gasteiger partial charge in [0.05, 0.1) is 20.8 Å².